The third kappa shape index (κ3) is 5.76. The number of carbonyl (C=O) groups excluding carboxylic acids is 1. The summed E-state index contributed by atoms with van der Waals surface area (Å²) in [5, 5.41) is 2.76. The van der Waals surface area contributed by atoms with Crippen LogP contribution < -0.4 is 15.8 Å². The number of nitrogens with two attached hydrogens (primary N) is 1. The van der Waals surface area contributed by atoms with E-state index in [2.05, 4.69) is 10.0 Å². The van der Waals surface area contributed by atoms with Crippen LogP contribution >= 0.6 is 12.4 Å². The molecule has 1 aromatic rings. The number of amides is 1. The molecule has 1 atom stereocenters. The first-order valence-electron chi connectivity index (χ1n) is 7.46. The Labute approximate surface area is 143 Å². The Bertz CT molecular complexity index is 645. The van der Waals surface area contributed by atoms with Crippen LogP contribution in [0.1, 0.15) is 37.0 Å². The summed E-state index contributed by atoms with van der Waals surface area (Å²) in [6.07, 6.45) is 2.23. The van der Waals surface area contributed by atoms with Crippen molar-refractivity contribution in [2.75, 3.05) is 6.54 Å². The van der Waals surface area contributed by atoms with E-state index in [4.69, 9.17) is 5.73 Å². The van der Waals surface area contributed by atoms with E-state index in [9.17, 15) is 13.2 Å². The van der Waals surface area contributed by atoms with E-state index in [0.717, 1.165) is 12.8 Å². The molecule has 0 heterocycles. The lowest BCUT2D eigenvalue weighted by Gasteiger charge is -2.13. The lowest BCUT2D eigenvalue weighted by molar-refractivity contribution is 0.0950. The van der Waals surface area contributed by atoms with Crippen LogP contribution in [0.5, 0.6) is 0 Å². The fraction of sp³-hybridized carbons (Fsp3) is 0.533. The van der Waals surface area contributed by atoms with Crippen LogP contribution in [0.25, 0.3) is 0 Å². The average Bonchev–Trinajstić information content (AvgIpc) is 3.27. The molecular weight excluding hydrogens is 338 g/mol. The van der Waals surface area contributed by atoms with E-state index in [-0.39, 0.29) is 35.3 Å². The molecule has 0 bridgehead atoms. The van der Waals surface area contributed by atoms with E-state index in [1.807, 2.05) is 0 Å². The highest BCUT2D eigenvalue weighted by Crippen LogP contribution is 2.31. The molecule has 0 aliphatic heterocycles. The molecule has 1 saturated carbocycles. The minimum atomic E-state index is -3.60. The Morgan fingerprint density at radius 1 is 1.35 bits per heavy atom. The van der Waals surface area contributed by atoms with Gasteiger partial charge in [0.1, 0.15) is 0 Å². The van der Waals surface area contributed by atoms with Crippen molar-refractivity contribution < 1.29 is 13.2 Å². The highest BCUT2D eigenvalue weighted by atomic mass is 35.5. The summed E-state index contributed by atoms with van der Waals surface area (Å²) in [5.41, 5.74) is 6.25. The summed E-state index contributed by atoms with van der Waals surface area (Å²) in [7, 11) is -3.60. The number of rotatable bonds is 7. The van der Waals surface area contributed by atoms with Crippen molar-refractivity contribution in [1.82, 2.24) is 10.0 Å². The number of carbonyl (C=O) groups is 1. The van der Waals surface area contributed by atoms with Gasteiger partial charge in [-0.3, -0.25) is 4.79 Å². The van der Waals surface area contributed by atoms with Crippen LogP contribution in [0.4, 0.5) is 0 Å². The highest BCUT2D eigenvalue weighted by molar-refractivity contribution is 7.89. The fourth-order valence-corrected chi connectivity index (χ4v) is 3.48. The van der Waals surface area contributed by atoms with Crippen LogP contribution in [0.2, 0.25) is 0 Å². The van der Waals surface area contributed by atoms with Gasteiger partial charge in [-0.05, 0) is 50.8 Å². The highest BCUT2D eigenvalue weighted by Gasteiger charge is 2.28. The molecular formula is C15H24ClN3O3S. The maximum Gasteiger partial charge on any atom is 0.251 e. The van der Waals surface area contributed by atoms with Crippen molar-refractivity contribution in [2.45, 2.75) is 43.7 Å². The van der Waals surface area contributed by atoms with Crippen molar-refractivity contribution >= 4 is 28.3 Å². The van der Waals surface area contributed by atoms with E-state index in [0.29, 0.717) is 18.0 Å². The molecule has 6 nitrogen and oxygen atoms in total. The topological polar surface area (TPSA) is 101 Å². The second-order valence-electron chi connectivity index (χ2n) is 6.02. The molecule has 4 N–H and O–H groups in total. The van der Waals surface area contributed by atoms with Gasteiger partial charge in [-0.2, -0.15) is 0 Å². The molecule has 0 aromatic heterocycles. The third-order valence-electron chi connectivity index (χ3n) is 3.52. The van der Waals surface area contributed by atoms with Gasteiger partial charge in [0, 0.05) is 24.2 Å². The third-order valence-corrected chi connectivity index (χ3v) is 5.18. The van der Waals surface area contributed by atoms with Crippen molar-refractivity contribution in [3.8, 4) is 0 Å². The molecule has 8 heteroatoms. The van der Waals surface area contributed by atoms with E-state index >= 15 is 0 Å². The maximum atomic E-state index is 12.1. The number of benzene rings is 1. The van der Waals surface area contributed by atoms with Crippen LogP contribution in [0, 0.1) is 5.92 Å². The lowest BCUT2D eigenvalue weighted by Crippen LogP contribution is -2.38. The van der Waals surface area contributed by atoms with E-state index < -0.39 is 10.0 Å². The summed E-state index contributed by atoms with van der Waals surface area (Å²) in [4.78, 5) is 12.2. The Morgan fingerprint density at radius 3 is 2.57 bits per heavy atom. The minimum Gasteiger partial charge on any atom is -0.350 e. The van der Waals surface area contributed by atoms with Gasteiger partial charge in [0.05, 0.1) is 4.90 Å². The second-order valence-corrected chi connectivity index (χ2v) is 7.73. The van der Waals surface area contributed by atoms with Crippen LogP contribution in [-0.2, 0) is 10.0 Å². The number of hydrogen-bond acceptors (Lipinski definition) is 4. The molecule has 130 valence electrons. The SMILES string of the molecule is CC(C)NS(=O)(=O)c1cccc(C(=O)NCC(N)C2CC2)c1.Cl. The number of nitrogens with one attached hydrogen (secondary N) is 2. The Balaban J connectivity index is 0.00000264. The quantitative estimate of drug-likeness (QED) is 0.680. The maximum absolute atomic E-state index is 12.1. The summed E-state index contributed by atoms with van der Waals surface area (Å²) in [6.45, 7) is 3.89. The first-order chi connectivity index (χ1) is 10.3. The standard InChI is InChI=1S/C15H23N3O3S.ClH/c1-10(2)18-22(20,21)13-5-3-4-12(8-13)15(19)17-9-14(16)11-6-7-11;/h3-5,8,10-11,14,18H,6-7,9,16H2,1-2H3,(H,17,19);1H. The van der Waals surface area contributed by atoms with Gasteiger partial charge in [0.2, 0.25) is 10.0 Å². The van der Waals surface area contributed by atoms with Crippen molar-refractivity contribution in [3.63, 3.8) is 0 Å². The molecule has 1 aliphatic carbocycles. The second kappa shape index (κ2) is 8.10. The number of halogens is 1. The molecule has 0 radical (unpaired) electrons. The molecule has 1 unspecified atom stereocenters. The first-order valence-corrected chi connectivity index (χ1v) is 8.94. The number of hydrogen-bond donors (Lipinski definition) is 3. The fourth-order valence-electron chi connectivity index (χ4n) is 2.19. The molecule has 1 aliphatic rings. The van der Waals surface area contributed by atoms with E-state index in [1.165, 1.54) is 12.1 Å². The smallest absolute Gasteiger partial charge is 0.251 e. The largest absolute Gasteiger partial charge is 0.350 e. The van der Waals surface area contributed by atoms with Crippen molar-refractivity contribution in [1.29, 1.82) is 0 Å². The lowest BCUT2D eigenvalue weighted by atomic mass is 10.2. The van der Waals surface area contributed by atoms with Crippen LogP contribution in [0.3, 0.4) is 0 Å². The van der Waals surface area contributed by atoms with Gasteiger partial charge in [-0.25, -0.2) is 13.1 Å². The molecule has 0 spiro atoms. The number of sulfonamides is 1. The van der Waals surface area contributed by atoms with Crippen LogP contribution in [-0.4, -0.2) is 33.0 Å². The predicted octanol–water partition coefficient (Wildman–Crippen LogP) is 1.26. The van der Waals surface area contributed by atoms with Crippen molar-refractivity contribution in [3.05, 3.63) is 29.8 Å². The van der Waals surface area contributed by atoms with Gasteiger partial charge < -0.3 is 11.1 Å². The van der Waals surface area contributed by atoms with Crippen LogP contribution in [0.15, 0.2) is 29.2 Å². The van der Waals surface area contributed by atoms with Gasteiger partial charge in [-0.1, -0.05) is 6.07 Å². The summed E-state index contributed by atoms with van der Waals surface area (Å²) in [6, 6.07) is 5.76. The molecule has 0 saturated heterocycles. The summed E-state index contributed by atoms with van der Waals surface area (Å²) in [5.74, 6) is 0.194. The Morgan fingerprint density at radius 2 is 2.00 bits per heavy atom. The zero-order valence-corrected chi connectivity index (χ0v) is 14.9. The zero-order valence-electron chi connectivity index (χ0n) is 13.3. The Hall–Kier alpha value is -1.15. The molecule has 2 rings (SSSR count). The molecule has 1 amide bonds. The molecule has 1 aromatic carbocycles. The molecule has 23 heavy (non-hydrogen) atoms. The monoisotopic (exact) mass is 361 g/mol. The first kappa shape index (κ1) is 19.9. The minimum absolute atomic E-state index is 0. The van der Waals surface area contributed by atoms with Gasteiger partial charge in [0.25, 0.3) is 5.91 Å². The Kier molecular flexibility index (Phi) is 7.01. The predicted molar refractivity (Wildman–Crippen MR) is 92.2 cm³/mol. The average molecular weight is 362 g/mol. The van der Waals surface area contributed by atoms with Gasteiger partial charge in [0.15, 0.2) is 0 Å². The summed E-state index contributed by atoms with van der Waals surface area (Å²) >= 11 is 0. The normalized spacial score (nSPS) is 15.8. The molecule has 1 fully saturated rings. The zero-order chi connectivity index (χ0) is 16.3. The van der Waals surface area contributed by atoms with Crippen molar-refractivity contribution in [2.24, 2.45) is 11.7 Å². The van der Waals surface area contributed by atoms with E-state index in [1.54, 1.807) is 26.0 Å². The van der Waals surface area contributed by atoms with Gasteiger partial charge >= 0.3 is 0 Å². The summed E-state index contributed by atoms with van der Waals surface area (Å²) < 4.78 is 26.7. The van der Waals surface area contributed by atoms with Gasteiger partial charge in [-0.15, -0.1) is 12.4 Å².